The number of nitrogens with one attached hydrogen (secondary N) is 1. The number of hydrogen-bond donors (Lipinski definition) is 1. The van der Waals surface area contributed by atoms with Gasteiger partial charge in [-0.25, -0.2) is 0 Å². The first kappa shape index (κ1) is 11.3. The van der Waals surface area contributed by atoms with Gasteiger partial charge in [-0.05, 0) is 5.92 Å². The summed E-state index contributed by atoms with van der Waals surface area (Å²) in [4.78, 5) is 11.2. The highest BCUT2D eigenvalue weighted by molar-refractivity contribution is 6.83. The summed E-state index contributed by atoms with van der Waals surface area (Å²) in [5, 5.41) is 2.86. The Morgan fingerprint density at radius 2 is 1.93 bits per heavy atom. The standard InChI is InChI=1S/C11H19NOSi/c1-8(2)10-9(12-11(10)13)6-7-14(3,4)5/h8-10H,1-5H3,(H,12,13)/t9-,10-/m0/s1. The normalized spacial score (nSPS) is 26.3. The number of carbonyl (C=O) groups excluding carboxylic acids is 1. The van der Waals surface area contributed by atoms with Gasteiger partial charge in [0.05, 0.1) is 5.92 Å². The largest absolute Gasteiger partial charge is 0.341 e. The molecule has 1 aliphatic heterocycles. The molecule has 78 valence electrons. The first-order valence-corrected chi connectivity index (χ1v) is 8.64. The predicted octanol–water partition coefficient (Wildman–Crippen LogP) is 1.64. The Balaban J connectivity index is 2.63. The first-order valence-electron chi connectivity index (χ1n) is 5.14. The lowest BCUT2D eigenvalue weighted by Crippen LogP contribution is -2.59. The van der Waals surface area contributed by atoms with Gasteiger partial charge in [-0.2, -0.15) is 0 Å². The van der Waals surface area contributed by atoms with Crippen LogP contribution in [0, 0.1) is 23.3 Å². The molecule has 0 spiro atoms. The van der Waals surface area contributed by atoms with Gasteiger partial charge >= 0.3 is 0 Å². The fourth-order valence-electron chi connectivity index (χ4n) is 1.50. The number of rotatable bonds is 1. The summed E-state index contributed by atoms with van der Waals surface area (Å²) in [6, 6.07) is 0.106. The van der Waals surface area contributed by atoms with Crippen molar-refractivity contribution in [2.45, 2.75) is 39.5 Å². The van der Waals surface area contributed by atoms with Crippen LogP contribution < -0.4 is 5.32 Å². The summed E-state index contributed by atoms with van der Waals surface area (Å²) in [6.45, 7) is 10.8. The molecule has 0 bridgehead atoms. The molecule has 1 rings (SSSR count). The van der Waals surface area contributed by atoms with Gasteiger partial charge in [0.25, 0.3) is 0 Å². The molecule has 1 amide bonds. The molecule has 0 aliphatic carbocycles. The van der Waals surface area contributed by atoms with Crippen molar-refractivity contribution in [2.75, 3.05) is 0 Å². The molecule has 3 heteroatoms. The van der Waals surface area contributed by atoms with E-state index >= 15 is 0 Å². The Morgan fingerprint density at radius 3 is 2.29 bits per heavy atom. The van der Waals surface area contributed by atoms with Crippen molar-refractivity contribution in [3.05, 3.63) is 0 Å². The summed E-state index contributed by atoms with van der Waals surface area (Å²) in [7, 11) is -1.30. The van der Waals surface area contributed by atoms with E-state index < -0.39 is 8.07 Å². The van der Waals surface area contributed by atoms with E-state index in [9.17, 15) is 4.79 Å². The van der Waals surface area contributed by atoms with Crippen molar-refractivity contribution in [1.29, 1.82) is 0 Å². The minimum atomic E-state index is -1.30. The molecule has 0 saturated carbocycles. The second-order valence-electron chi connectivity index (χ2n) is 5.28. The molecule has 1 aliphatic rings. The quantitative estimate of drug-likeness (QED) is 0.397. The summed E-state index contributed by atoms with van der Waals surface area (Å²) in [5.74, 6) is 3.87. The summed E-state index contributed by atoms with van der Waals surface area (Å²) >= 11 is 0. The summed E-state index contributed by atoms with van der Waals surface area (Å²) in [5.41, 5.74) is 3.30. The number of β-lactam (4-membered cyclic amide) rings is 1. The van der Waals surface area contributed by atoms with Gasteiger partial charge in [0.1, 0.15) is 14.1 Å². The Kier molecular flexibility index (Phi) is 3.06. The fraction of sp³-hybridized carbons (Fsp3) is 0.727. The molecule has 0 radical (unpaired) electrons. The van der Waals surface area contributed by atoms with E-state index in [4.69, 9.17) is 0 Å². The van der Waals surface area contributed by atoms with E-state index in [2.05, 4.69) is 50.3 Å². The van der Waals surface area contributed by atoms with Gasteiger partial charge in [0.15, 0.2) is 0 Å². The molecule has 2 atom stereocenters. The van der Waals surface area contributed by atoms with Crippen LogP contribution in [0.1, 0.15) is 13.8 Å². The highest BCUT2D eigenvalue weighted by Crippen LogP contribution is 2.23. The van der Waals surface area contributed by atoms with E-state index in [0.29, 0.717) is 5.92 Å². The van der Waals surface area contributed by atoms with Crippen molar-refractivity contribution < 1.29 is 4.79 Å². The van der Waals surface area contributed by atoms with Crippen molar-refractivity contribution >= 4 is 14.0 Å². The zero-order valence-electron chi connectivity index (χ0n) is 9.64. The second kappa shape index (κ2) is 3.78. The molecule has 1 fully saturated rings. The second-order valence-corrected chi connectivity index (χ2v) is 10.0. The maximum Gasteiger partial charge on any atom is 0.227 e. The minimum absolute atomic E-state index is 0.106. The molecule has 1 N–H and O–H groups in total. The van der Waals surface area contributed by atoms with E-state index in [0.717, 1.165) is 0 Å². The molecule has 2 nitrogen and oxygen atoms in total. The van der Waals surface area contributed by atoms with Crippen LogP contribution in [0.25, 0.3) is 0 Å². The molecule has 0 aromatic carbocycles. The molecule has 0 aromatic heterocycles. The van der Waals surface area contributed by atoms with Crippen LogP contribution in [0.2, 0.25) is 19.6 Å². The van der Waals surface area contributed by atoms with Crippen LogP contribution in [-0.4, -0.2) is 20.0 Å². The van der Waals surface area contributed by atoms with Crippen LogP contribution in [0.4, 0.5) is 0 Å². The van der Waals surface area contributed by atoms with Crippen LogP contribution in [-0.2, 0) is 4.79 Å². The maximum absolute atomic E-state index is 11.2. The highest BCUT2D eigenvalue weighted by Gasteiger charge is 2.40. The third kappa shape index (κ3) is 2.62. The molecule has 1 saturated heterocycles. The lowest BCUT2D eigenvalue weighted by atomic mass is 9.82. The lowest BCUT2D eigenvalue weighted by Gasteiger charge is -2.36. The fourth-order valence-corrected chi connectivity index (χ4v) is 2.09. The molecular formula is C11H19NOSi. The van der Waals surface area contributed by atoms with Crippen molar-refractivity contribution in [3.8, 4) is 11.5 Å². The van der Waals surface area contributed by atoms with E-state index in [1.54, 1.807) is 0 Å². The summed E-state index contributed by atoms with van der Waals surface area (Å²) in [6.07, 6.45) is 0. The van der Waals surface area contributed by atoms with Crippen LogP contribution in [0.15, 0.2) is 0 Å². The Labute approximate surface area is 87.5 Å². The van der Waals surface area contributed by atoms with Crippen LogP contribution in [0.3, 0.4) is 0 Å². The molecule has 0 unspecified atom stereocenters. The smallest absolute Gasteiger partial charge is 0.227 e. The first-order chi connectivity index (χ1) is 6.31. The maximum atomic E-state index is 11.2. The van der Waals surface area contributed by atoms with E-state index in [1.165, 1.54) is 0 Å². The molecular weight excluding hydrogens is 190 g/mol. The summed E-state index contributed by atoms with van der Waals surface area (Å²) < 4.78 is 0. The minimum Gasteiger partial charge on any atom is -0.341 e. The van der Waals surface area contributed by atoms with Crippen molar-refractivity contribution in [3.63, 3.8) is 0 Å². The van der Waals surface area contributed by atoms with Gasteiger partial charge in [-0.15, -0.1) is 5.54 Å². The molecule has 0 aromatic rings. The van der Waals surface area contributed by atoms with Gasteiger partial charge in [0.2, 0.25) is 5.91 Å². The van der Waals surface area contributed by atoms with Gasteiger partial charge in [-0.3, -0.25) is 4.79 Å². The lowest BCUT2D eigenvalue weighted by molar-refractivity contribution is -0.135. The van der Waals surface area contributed by atoms with Gasteiger partial charge < -0.3 is 5.32 Å². The Bertz CT molecular complexity index is 293. The van der Waals surface area contributed by atoms with Crippen LogP contribution >= 0.6 is 0 Å². The molecule has 1 heterocycles. The van der Waals surface area contributed by atoms with Crippen molar-refractivity contribution in [1.82, 2.24) is 5.32 Å². The average Bonchev–Trinajstić information content (AvgIpc) is 1.93. The van der Waals surface area contributed by atoms with E-state index in [-0.39, 0.29) is 17.9 Å². The third-order valence-electron chi connectivity index (χ3n) is 2.28. The predicted molar refractivity (Wildman–Crippen MR) is 61.4 cm³/mol. The van der Waals surface area contributed by atoms with Crippen LogP contribution in [0.5, 0.6) is 0 Å². The zero-order valence-corrected chi connectivity index (χ0v) is 10.6. The zero-order chi connectivity index (χ0) is 10.9. The SMILES string of the molecule is CC(C)[C@@H]1C(=O)N[C@H]1C#C[Si](C)(C)C. The third-order valence-corrected chi connectivity index (χ3v) is 3.17. The Morgan fingerprint density at radius 1 is 1.36 bits per heavy atom. The number of amides is 1. The molecule has 14 heavy (non-hydrogen) atoms. The van der Waals surface area contributed by atoms with Gasteiger partial charge in [0, 0.05) is 0 Å². The van der Waals surface area contributed by atoms with Gasteiger partial charge in [-0.1, -0.05) is 39.4 Å². The average molecular weight is 209 g/mol. The monoisotopic (exact) mass is 209 g/mol. The highest BCUT2D eigenvalue weighted by atomic mass is 28.3. The number of hydrogen-bond acceptors (Lipinski definition) is 1. The number of carbonyl (C=O) groups is 1. The Hall–Kier alpha value is -0.753. The van der Waals surface area contributed by atoms with Crippen molar-refractivity contribution in [2.24, 2.45) is 11.8 Å². The topological polar surface area (TPSA) is 29.1 Å². The van der Waals surface area contributed by atoms with E-state index in [1.807, 2.05) is 0 Å².